The molecule has 48 heavy (non-hydrogen) atoms. The van der Waals surface area contributed by atoms with E-state index in [9.17, 15) is 0 Å². The molecule has 0 bridgehead atoms. The van der Waals surface area contributed by atoms with Gasteiger partial charge in [0.05, 0.1) is 5.69 Å². The summed E-state index contributed by atoms with van der Waals surface area (Å²) in [6, 6.07) is 48.4. The SMILES string of the molecule is CC(C)(C)c1ccc(-n2ccnc2-n2c3[c-]c(Oc4[c-]c(-c5ccccn5)ccc4)ccc3c3ccccc32)c(-c2ccccc2)c1.[Pt+2]. The first-order chi connectivity index (χ1) is 22.9. The van der Waals surface area contributed by atoms with Crippen molar-refractivity contribution in [2.45, 2.75) is 26.2 Å². The topological polar surface area (TPSA) is 44.9 Å². The van der Waals surface area contributed by atoms with Crippen LogP contribution in [0.4, 0.5) is 0 Å². The van der Waals surface area contributed by atoms with Crippen LogP contribution in [-0.4, -0.2) is 19.1 Å². The van der Waals surface area contributed by atoms with Gasteiger partial charge in [-0.1, -0.05) is 99.1 Å². The minimum Gasteiger partial charge on any atom is -0.503 e. The zero-order valence-electron chi connectivity index (χ0n) is 26.8. The molecule has 8 aromatic rings. The van der Waals surface area contributed by atoms with Crippen molar-refractivity contribution >= 4 is 21.8 Å². The molecule has 0 saturated carbocycles. The number of imidazole rings is 1. The fraction of sp³-hybridized carbons (Fsp3) is 0.0952. The molecule has 236 valence electrons. The Morgan fingerprint density at radius 1 is 0.667 bits per heavy atom. The number of hydrogen-bond acceptors (Lipinski definition) is 3. The molecule has 0 saturated heterocycles. The third kappa shape index (κ3) is 5.76. The monoisotopic (exact) mass is 803 g/mol. The molecule has 8 rings (SSSR count). The van der Waals surface area contributed by atoms with E-state index in [-0.39, 0.29) is 26.5 Å². The fourth-order valence-electron chi connectivity index (χ4n) is 6.15. The summed E-state index contributed by atoms with van der Waals surface area (Å²) in [6.07, 6.45) is 5.68. The number of aromatic nitrogens is 4. The number of benzene rings is 5. The van der Waals surface area contributed by atoms with Crippen LogP contribution in [0, 0.1) is 12.1 Å². The third-order valence-electron chi connectivity index (χ3n) is 8.51. The molecule has 0 aliphatic rings. The summed E-state index contributed by atoms with van der Waals surface area (Å²) in [6.45, 7) is 6.75. The Morgan fingerprint density at radius 2 is 1.46 bits per heavy atom. The Labute approximate surface area is 294 Å². The Hall–Kier alpha value is -5.25. The molecule has 0 aliphatic heterocycles. The van der Waals surface area contributed by atoms with Crippen LogP contribution in [-0.2, 0) is 26.5 Å². The van der Waals surface area contributed by atoms with Crippen molar-refractivity contribution in [3.05, 3.63) is 158 Å². The smallest absolute Gasteiger partial charge is 0.503 e. The molecule has 0 spiro atoms. The predicted octanol–water partition coefficient (Wildman–Crippen LogP) is 10.4. The van der Waals surface area contributed by atoms with Crippen molar-refractivity contribution in [1.29, 1.82) is 0 Å². The number of fused-ring (bicyclic) bond motifs is 3. The van der Waals surface area contributed by atoms with Crippen molar-refractivity contribution in [1.82, 2.24) is 19.1 Å². The van der Waals surface area contributed by atoms with Gasteiger partial charge in [0.15, 0.2) is 0 Å². The van der Waals surface area contributed by atoms with Gasteiger partial charge in [-0.05, 0) is 51.9 Å². The summed E-state index contributed by atoms with van der Waals surface area (Å²) >= 11 is 0. The van der Waals surface area contributed by atoms with Gasteiger partial charge in [0.2, 0.25) is 5.95 Å². The Morgan fingerprint density at radius 3 is 2.27 bits per heavy atom. The molecule has 5 aromatic carbocycles. The van der Waals surface area contributed by atoms with Crippen LogP contribution in [0.1, 0.15) is 26.3 Å². The summed E-state index contributed by atoms with van der Waals surface area (Å²) in [7, 11) is 0. The van der Waals surface area contributed by atoms with E-state index in [1.54, 1.807) is 6.20 Å². The number of pyridine rings is 1. The second-order valence-electron chi connectivity index (χ2n) is 12.6. The summed E-state index contributed by atoms with van der Waals surface area (Å²) in [4.78, 5) is 9.42. The number of nitrogens with zero attached hydrogens (tertiary/aromatic N) is 4. The maximum absolute atomic E-state index is 6.37. The normalized spacial score (nSPS) is 11.5. The van der Waals surface area contributed by atoms with Gasteiger partial charge in [0.1, 0.15) is 0 Å². The van der Waals surface area contributed by atoms with Crippen molar-refractivity contribution in [2.24, 2.45) is 0 Å². The molecule has 0 atom stereocenters. The standard InChI is InChI=1S/C42H32N4O.Pt/c1-42(2,3)31-19-22-38(36(27-31)29-12-5-4-6-13-29)45-25-24-44-41(45)46-39-18-8-7-16-34(39)35-21-20-33(28-40(35)46)47-32-15-11-14-30(26-32)37-17-9-10-23-43-37;/h4-25,27H,1-3H3;/q-2;+2. The van der Waals surface area contributed by atoms with E-state index in [1.807, 2.05) is 54.9 Å². The fourth-order valence-corrected chi connectivity index (χ4v) is 6.15. The van der Waals surface area contributed by atoms with E-state index >= 15 is 0 Å². The second-order valence-corrected chi connectivity index (χ2v) is 12.6. The van der Waals surface area contributed by atoms with Crippen LogP contribution in [0.2, 0.25) is 0 Å². The van der Waals surface area contributed by atoms with E-state index in [0.717, 1.165) is 55.8 Å². The zero-order valence-corrected chi connectivity index (χ0v) is 29.1. The number of hydrogen-bond donors (Lipinski definition) is 0. The summed E-state index contributed by atoms with van der Waals surface area (Å²) in [5, 5.41) is 2.19. The largest absolute Gasteiger partial charge is 2.00 e. The van der Waals surface area contributed by atoms with Crippen LogP contribution in [0.5, 0.6) is 11.5 Å². The van der Waals surface area contributed by atoms with Crippen LogP contribution in [0.3, 0.4) is 0 Å². The minimum atomic E-state index is 0. The molecule has 0 unspecified atom stereocenters. The molecule has 0 amide bonds. The van der Waals surface area contributed by atoms with Crippen LogP contribution in [0.25, 0.3) is 55.8 Å². The Balaban J connectivity index is 0.00000364. The Kier molecular flexibility index (Phi) is 8.33. The molecular formula is C42H32N4OPt. The maximum atomic E-state index is 6.37. The summed E-state index contributed by atoms with van der Waals surface area (Å²) < 4.78 is 10.7. The average molecular weight is 804 g/mol. The van der Waals surface area contributed by atoms with Gasteiger partial charge in [-0.3, -0.25) is 4.57 Å². The van der Waals surface area contributed by atoms with Gasteiger partial charge in [-0.2, -0.15) is 6.07 Å². The van der Waals surface area contributed by atoms with E-state index in [2.05, 4.69) is 126 Å². The van der Waals surface area contributed by atoms with Gasteiger partial charge < -0.3 is 14.3 Å². The molecule has 0 fully saturated rings. The molecule has 0 radical (unpaired) electrons. The molecule has 3 heterocycles. The van der Waals surface area contributed by atoms with E-state index < -0.39 is 0 Å². The molecular weight excluding hydrogens is 772 g/mol. The average Bonchev–Trinajstić information content (AvgIpc) is 3.71. The molecule has 0 N–H and O–H groups in total. The van der Waals surface area contributed by atoms with E-state index in [1.165, 1.54) is 5.56 Å². The molecule has 6 heteroatoms. The van der Waals surface area contributed by atoms with Gasteiger partial charge >= 0.3 is 21.1 Å². The number of ether oxygens (including phenoxy) is 1. The minimum absolute atomic E-state index is 0. The van der Waals surface area contributed by atoms with Crippen molar-refractivity contribution in [3.63, 3.8) is 0 Å². The van der Waals surface area contributed by atoms with E-state index in [0.29, 0.717) is 11.5 Å². The quantitative estimate of drug-likeness (QED) is 0.157. The molecule has 0 aliphatic carbocycles. The maximum Gasteiger partial charge on any atom is 2.00 e. The van der Waals surface area contributed by atoms with Gasteiger partial charge in [-0.25, -0.2) is 4.98 Å². The first-order valence-electron chi connectivity index (χ1n) is 15.8. The number of para-hydroxylation sites is 1. The molecule has 5 nitrogen and oxygen atoms in total. The molecule has 3 aromatic heterocycles. The predicted molar refractivity (Wildman–Crippen MR) is 189 cm³/mol. The van der Waals surface area contributed by atoms with E-state index in [4.69, 9.17) is 9.72 Å². The van der Waals surface area contributed by atoms with Crippen molar-refractivity contribution in [3.8, 4) is 45.5 Å². The first-order valence-corrected chi connectivity index (χ1v) is 15.8. The summed E-state index contributed by atoms with van der Waals surface area (Å²) in [5.41, 5.74) is 8.27. The zero-order chi connectivity index (χ0) is 32.0. The van der Waals surface area contributed by atoms with Gasteiger partial charge in [-0.15, -0.1) is 41.3 Å². The summed E-state index contributed by atoms with van der Waals surface area (Å²) in [5.74, 6) is 1.96. The van der Waals surface area contributed by atoms with Crippen molar-refractivity contribution in [2.75, 3.05) is 0 Å². The van der Waals surface area contributed by atoms with Gasteiger partial charge in [0, 0.05) is 41.2 Å². The first kappa shape index (κ1) is 31.4. The van der Waals surface area contributed by atoms with Crippen molar-refractivity contribution < 1.29 is 25.8 Å². The second kappa shape index (κ2) is 12.7. The van der Waals surface area contributed by atoms with Gasteiger partial charge in [0.25, 0.3) is 0 Å². The van der Waals surface area contributed by atoms with Crippen LogP contribution >= 0.6 is 0 Å². The van der Waals surface area contributed by atoms with Crippen LogP contribution < -0.4 is 4.74 Å². The van der Waals surface area contributed by atoms with Crippen LogP contribution in [0.15, 0.2) is 140 Å². The third-order valence-corrected chi connectivity index (χ3v) is 8.51. The Bertz CT molecular complexity index is 2370. The number of rotatable bonds is 6.